The number of hydrogen-bond donors (Lipinski definition) is 1. The van der Waals surface area contributed by atoms with E-state index in [1.165, 1.54) is 20.8 Å². The van der Waals surface area contributed by atoms with Crippen LogP contribution in [0.2, 0.25) is 0 Å². The van der Waals surface area contributed by atoms with Crippen LogP contribution in [0.4, 0.5) is 0 Å². The van der Waals surface area contributed by atoms with Gasteiger partial charge in [0.2, 0.25) is 0 Å². The maximum atomic E-state index is 11.1. The predicted molar refractivity (Wildman–Crippen MR) is 48.3 cm³/mol. The Hall–Kier alpha value is 1.12. The molecule has 5 nitrogen and oxygen atoms in total. The molecule has 0 saturated heterocycles. The van der Waals surface area contributed by atoms with Gasteiger partial charge in [-0.25, -0.2) is 4.31 Å². The van der Waals surface area contributed by atoms with E-state index in [0.29, 0.717) is 4.31 Å². The third-order valence-corrected chi connectivity index (χ3v) is 2.40. The SMILES string of the molecule is C=CC(=O)N(C(C)(C)C)S(=O)(=O)O.[Na+].[Na+]. The molecule has 76 valence electrons. The Labute approximate surface area is 135 Å². The third-order valence-electron chi connectivity index (χ3n) is 1.21. The third kappa shape index (κ3) is 7.12. The van der Waals surface area contributed by atoms with E-state index in [1.54, 1.807) is 0 Å². The van der Waals surface area contributed by atoms with Gasteiger partial charge in [-0.2, -0.15) is 8.42 Å². The minimum absolute atomic E-state index is 0. The van der Waals surface area contributed by atoms with Crippen molar-refractivity contribution in [3.63, 3.8) is 0 Å². The molecule has 0 aromatic rings. The van der Waals surface area contributed by atoms with Gasteiger partial charge < -0.3 is 0 Å². The summed E-state index contributed by atoms with van der Waals surface area (Å²) in [5.41, 5.74) is -1.00. The Morgan fingerprint density at radius 2 is 1.67 bits per heavy atom. The smallest absolute Gasteiger partial charge is 0.269 e. The zero-order valence-electron chi connectivity index (χ0n) is 9.81. The van der Waals surface area contributed by atoms with Crippen LogP contribution in [0.15, 0.2) is 12.7 Å². The van der Waals surface area contributed by atoms with Crippen molar-refractivity contribution in [1.82, 2.24) is 4.31 Å². The summed E-state index contributed by atoms with van der Waals surface area (Å²) < 4.78 is 30.7. The van der Waals surface area contributed by atoms with E-state index in [-0.39, 0.29) is 59.1 Å². The monoisotopic (exact) mass is 253 g/mol. The molecule has 8 heteroatoms. The fraction of sp³-hybridized carbons (Fsp3) is 0.571. The maximum absolute atomic E-state index is 11.1. The van der Waals surface area contributed by atoms with Crippen molar-refractivity contribution in [3.05, 3.63) is 12.7 Å². The molecule has 0 aromatic heterocycles. The van der Waals surface area contributed by atoms with Crippen LogP contribution in [-0.4, -0.2) is 28.7 Å². The summed E-state index contributed by atoms with van der Waals surface area (Å²) in [7, 11) is -4.52. The molecule has 1 N–H and O–H groups in total. The van der Waals surface area contributed by atoms with Crippen LogP contribution >= 0.6 is 0 Å². The van der Waals surface area contributed by atoms with E-state index in [4.69, 9.17) is 4.55 Å². The molecule has 0 unspecified atom stereocenters. The van der Waals surface area contributed by atoms with Crippen molar-refractivity contribution >= 4 is 16.2 Å². The van der Waals surface area contributed by atoms with Crippen LogP contribution in [0.25, 0.3) is 0 Å². The second-order valence-corrected chi connectivity index (χ2v) is 4.72. The molecule has 0 aromatic carbocycles. The van der Waals surface area contributed by atoms with Gasteiger partial charge in [0.1, 0.15) is 0 Å². The molecule has 0 radical (unpaired) electrons. The van der Waals surface area contributed by atoms with Crippen molar-refractivity contribution in [2.75, 3.05) is 0 Å². The summed E-state index contributed by atoms with van der Waals surface area (Å²) in [5, 5.41) is 0. The Morgan fingerprint density at radius 3 is 1.73 bits per heavy atom. The Morgan fingerprint density at radius 1 is 1.33 bits per heavy atom. The van der Waals surface area contributed by atoms with Crippen LogP contribution in [-0.2, 0) is 15.1 Å². The number of nitrogens with zero attached hydrogens (tertiary/aromatic N) is 1. The average molecular weight is 253 g/mol. The van der Waals surface area contributed by atoms with Gasteiger partial charge in [-0.1, -0.05) is 6.58 Å². The van der Waals surface area contributed by atoms with Crippen LogP contribution in [0.5, 0.6) is 0 Å². The minimum Gasteiger partial charge on any atom is -0.269 e. The molecule has 0 aliphatic rings. The quantitative estimate of drug-likeness (QED) is 0.303. The molecule has 0 fully saturated rings. The zero-order chi connectivity index (χ0) is 10.9. The van der Waals surface area contributed by atoms with Gasteiger partial charge in [-0.3, -0.25) is 9.35 Å². The number of carbonyl (C=O) groups excluding carboxylic acids is 1. The van der Waals surface area contributed by atoms with Crippen LogP contribution in [0, 0.1) is 0 Å². The first-order valence-electron chi connectivity index (χ1n) is 3.55. The number of carbonyl (C=O) groups is 1. The van der Waals surface area contributed by atoms with Gasteiger partial charge in [0.25, 0.3) is 5.91 Å². The predicted octanol–water partition coefficient (Wildman–Crippen LogP) is -5.39. The first-order chi connectivity index (χ1) is 5.60. The number of amides is 1. The van der Waals surface area contributed by atoms with Gasteiger partial charge in [0.15, 0.2) is 0 Å². The standard InChI is InChI=1S/C7H13NO4S.2Na/c1-5-6(9)8(7(2,3)4)13(10,11)12;;/h5H,1H2,2-4H3,(H,10,11,12);;/q;2*+1. The number of hydrogen-bond acceptors (Lipinski definition) is 3. The minimum atomic E-state index is -4.52. The van der Waals surface area contributed by atoms with Crippen LogP contribution in [0.1, 0.15) is 20.8 Å². The summed E-state index contributed by atoms with van der Waals surface area (Å²) in [5.74, 6) is -0.852. The van der Waals surface area contributed by atoms with Crippen molar-refractivity contribution < 1.29 is 76.9 Å². The molecule has 0 rings (SSSR count). The van der Waals surface area contributed by atoms with Gasteiger partial charge in [0, 0.05) is 0 Å². The first kappa shape index (κ1) is 21.4. The second kappa shape index (κ2) is 7.45. The van der Waals surface area contributed by atoms with Crippen LogP contribution in [0.3, 0.4) is 0 Å². The summed E-state index contributed by atoms with van der Waals surface area (Å²) in [6.07, 6.45) is 0.832. The molecule has 0 bridgehead atoms. The van der Waals surface area contributed by atoms with Crippen molar-refractivity contribution in [3.8, 4) is 0 Å². The molecular weight excluding hydrogens is 240 g/mol. The largest absolute Gasteiger partial charge is 1.00 e. The zero-order valence-corrected chi connectivity index (χ0v) is 14.6. The molecule has 0 atom stereocenters. The fourth-order valence-corrected chi connectivity index (χ4v) is 1.87. The van der Waals surface area contributed by atoms with E-state index >= 15 is 0 Å². The van der Waals surface area contributed by atoms with E-state index < -0.39 is 21.8 Å². The average Bonchev–Trinajstić information content (AvgIpc) is 1.80. The maximum Gasteiger partial charge on any atom is 1.00 e. The molecule has 0 heterocycles. The first-order valence-corrected chi connectivity index (χ1v) is 4.94. The molecular formula is C7H13NNa2O4S+2. The summed E-state index contributed by atoms with van der Waals surface area (Å²) >= 11 is 0. The Kier molecular flexibility index (Phi) is 10.6. The van der Waals surface area contributed by atoms with Crippen LogP contribution < -0.4 is 59.1 Å². The van der Waals surface area contributed by atoms with E-state index in [9.17, 15) is 13.2 Å². The molecule has 15 heavy (non-hydrogen) atoms. The van der Waals surface area contributed by atoms with Gasteiger partial charge in [-0.15, -0.1) is 0 Å². The molecule has 0 aliphatic heterocycles. The normalized spacial score (nSPS) is 10.7. The molecule has 0 spiro atoms. The van der Waals surface area contributed by atoms with Gasteiger partial charge >= 0.3 is 69.4 Å². The van der Waals surface area contributed by atoms with Crippen molar-refractivity contribution in [1.29, 1.82) is 0 Å². The summed E-state index contributed by atoms with van der Waals surface area (Å²) in [4.78, 5) is 11.1. The van der Waals surface area contributed by atoms with E-state index in [1.807, 2.05) is 0 Å². The van der Waals surface area contributed by atoms with Gasteiger partial charge in [0.05, 0.1) is 5.54 Å². The Bertz CT molecular complexity index is 320. The Balaban J connectivity index is -0.000000720. The van der Waals surface area contributed by atoms with Crippen molar-refractivity contribution in [2.24, 2.45) is 0 Å². The van der Waals surface area contributed by atoms with E-state index in [2.05, 4.69) is 6.58 Å². The topological polar surface area (TPSA) is 74.7 Å². The molecule has 0 saturated carbocycles. The fourth-order valence-electron chi connectivity index (χ4n) is 0.873. The molecule has 0 aliphatic carbocycles. The number of rotatable bonds is 2. The summed E-state index contributed by atoms with van der Waals surface area (Å²) in [6.45, 7) is 7.61. The van der Waals surface area contributed by atoms with Crippen molar-refractivity contribution in [2.45, 2.75) is 26.3 Å². The van der Waals surface area contributed by atoms with E-state index in [0.717, 1.165) is 6.08 Å². The second-order valence-electron chi connectivity index (χ2n) is 3.46. The summed E-state index contributed by atoms with van der Waals surface area (Å²) in [6, 6.07) is 0. The van der Waals surface area contributed by atoms with Gasteiger partial charge in [-0.05, 0) is 26.8 Å². The molecule has 1 amide bonds.